The summed E-state index contributed by atoms with van der Waals surface area (Å²) in [6.45, 7) is 2.95. The maximum Gasteiger partial charge on any atom is 0.141 e. The lowest BCUT2D eigenvalue weighted by atomic mass is 10.1. The number of hydrogen-bond acceptors (Lipinski definition) is 4. The number of nitrogens with zero attached hydrogens (tertiary/aromatic N) is 3. The van der Waals surface area contributed by atoms with Gasteiger partial charge in [-0.3, -0.25) is 9.88 Å². The Balaban J connectivity index is 2.15. The SMILES string of the molecule is N#CC(c1ccc(Br)cn1)N1CCOCC1. The fraction of sp³-hybridized carbons (Fsp3) is 0.455. The zero-order chi connectivity index (χ0) is 11.4. The molecule has 0 spiro atoms. The van der Waals surface area contributed by atoms with Gasteiger partial charge in [-0.05, 0) is 28.1 Å². The zero-order valence-corrected chi connectivity index (χ0v) is 10.4. The van der Waals surface area contributed by atoms with Crippen molar-refractivity contribution in [2.45, 2.75) is 6.04 Å². The summed E-state index contributed by atoms with van der Waals surface area (Å²) >= 11 is 3.33. The summed E-state index contributed by atoms with van der Waals surface area (Å²) < 4.78 is 6.20. The number of pyridine rings is 1. The molecule has 84 valence electrons. The van der Waals surface area contributed by atoms with Crippen LogP contribution in [-0.2, 0) is 4.74 Å². The van der Waals surface area contributed by atoms with E-state index in [0.717, 1.165) is 23.3 Å². The van der Waals surface area contributed by atoms with Gasteiger partial charge in [0.15, 0.2) is 0 Å². The Morgan fingerprint density at radius 2 is 2.19 bits per heavy atom. The Bertz CT molecular complexity index is 381. The normalized spacial score (nSPS) is 19.0. The van der Waals surface area contributed by atoms with Crippen LogP contribution in [0.5, 0.6) is 0 Å². The molecular formula is C11H12BrN3O. The first-order valence-corrected chi connectivity index (χ1v) is 5.93. The second-order valence-electron chi connectivity index (χ2n) is 3.58. The molecule has 1 fully saturated rings. The molecule has 4 nitrogen and oxygen atoms in total. The van der Waals surface area contributed by atoms with Crippen LogP contribution in [-0.4, -0.2) is 36.2 Å². The molecule has 0 aromatic carbocycles. The molecule has 1 atom stereocenters. The fourth-order valence-electron chi connectivity index (χ4n) is 1.72. The molecule has 1 aliphatic rings. The third kappa shape index (κ3) is 2.59. The third-order valence-corrected chi connectivity index (χ3v) is 3.03. The van der Waals surface area contributed by atoms with Gasteiger partial charge in [0.1, 0.15) is 6.04 Å². The number of aromatic nitrogens is 1. The van der Waals surface area contributed by atoms with Crippen molar-refractivity contribution in [2.75, 3.05) is 26.3 Å². The van der Waals surface area contributed by atoms with Crippen LogP contribution in [0.4, 0.5) is 0 Å². The lowest BCUT2D eigenvalue weighted by Crippen LogP contribution is -2.38. The number of morpholine rings is 1. The summed E-state index contributed by atoms with van der Waals surface area (Å²) in [7, 11) is 0. The molecule has 0 N–H and O–H groups in total. The van der Waals surface area contributed by atoms with Crippen molar-refractivity contribution < 1.29 is 4.74 Å². The first-order valence-electron chi connectivity index (χ1n) is 5.14. The largest absolute Gasteiger partial charge is 0.379 e. The fourth-order valence-corrected chi connectivity index (χ4v) is 1.95. The van der Waals surface area contributed by atoms with Crippen LogP contribution in [0.25, 0.3) is 0 Å². The Labute approximate surface area is 103 Å². The van der Waals surface area contributed by atoms with E-state index in [1.54, 1.807) is 6.20 Å². The van der Waals surface area contributed by atoms with Crippen molar-refractivity contribution in [3.63, 3.8) is 0 Å². The molecule has 0 radical (unpaired) electrons. The van der Waals surface area contributed by atoms with Crippen molar-refractivity contribution in [1.29, 1.82) is 5.26 Å². The Hall–Kier alpha value is -0.960. The summed E-state index contributed by atoms with van der Waals surface area (Å²) in [5, 5.41) is 9.22. The van der Waals surface area contributed by atoms with E-state index in [1.807, 2.05) is 12.1 Å². The van der Waals surface area contributed by atoms with Crippen LogP contribution in [0.1, 0.15) is 11.7 Å². The van der Waals surface area contributed by atoms with E-state index < -0.39 is 0 Å². The highest BCUT2D eigenvalue weighted by Gasteiger charge is 2.22. The van der Waals surface area contributed by atoms with E-state index in [9.17, 15) is 5.26 Å². The van der Waals surface area contributed by atoms with Gasteiger partial charge in [-0.15, -0.1) is 0 Å². The second-order valence-corrected chi connectivity index (χ2v) is 4.50. The molecule has 0 aliphatic carbocycles. The summed E-state index contributed by atoms with van der Waals surface area (Å²) in [5.41, 5.74) is 0.799. The molecular weight excluding hydrogens is 270 g/mol. The molecule has 16 heavy (non-hydrogen) atoms. The van der Waals surface area contributed by atoms with E-state index in [4.69, 9.17) is 4.74 Å². The predicted octanol–water partition coefficient (Wildman–Crippen LogP) is 1.74. The summed E-state index contributed by atoms with van der Waals surface area (Å²) in [5.74, 6) is 0. The highest BCUT2D eigenvalue weighted by atomic mass is 79.9. The van der Waals surface area contributed by atoms with Gasteiger partial charge in [-0.2, -0.15) is 5.26 Å². The summed E-state index contributed by atoms with van der Waals surface area (Å²) in [6, 6.07) is 5.83. The molecule has 0 bridgehead atoms. The van der Waals surface area contributed by atoms with Crippen LogP contribution in [0.15, 0.2) is 22.8 Å². The number of ether oxygens (including phenoxy) is 1. The van der Waals surface area contributed by atoms with Crippen LogP contribution in [0.2, 0.25) is 0 Å². The molecule has 5 heteroatoms. The van der Waals surface area contributed by atoms with E-state index in [-0.39, 0.29) is 6.04 Å². The number of halogens is 1. The number of nitriles is 1. The minimum atomic E-state index is -0.267. The van der Waals surface area contributed by atoms with Crippen LogP contribution < -0.4 is 0 Å². The van der Waals surface area contributed by atoms with Gasteiger partial charge in [0, 0.05) is 23.8 Å². The number of rotatable bonds is 2. The van der Waals surface area contributed by atoms with Gasteiger partial charge in [0.2, 0.25) is 0 Å². The van der Waals surface area contributed by atoms with Crippen molar-refractivity contribution in [3.8, 4) is 6.07 Å². The van der Waals surface area contributed by atoms with Gasteiger partial charge in [-0.1, -0.05) is 0 Å². The molecule has 1 aromatic heterocycles. The minimum absolute atomic E-state index is 0.267. The maximum absolute atomic E-state index is 9.22. The molecule has 2 heterocycles. The van der Waals surface area contributed by atoms with Crippen LogP contribution in [0.3, 0.4) is 0 Å². The van der Waals surface area contributed by atoms with Crippen LogP contribution >= 0.6 is 15.9 Å². The highest BCUT2D eigenvalue weighted by Crippen LogP contribution is 2.20. The van der Waals surface area contributed by atoms with E-state index in [2.05, 4.69) is 31.9 Å². The minimum Gasteiger partial charge on any atom is -0.379 e. The molecule has 1 unspecified atom stereocenters. The monoisotopic (exact) mass is 281 g/mol. The van der Waals surface area contributed by atoms with Crippen molar-refractivity contribution in [2.24, 2.45) is 0 Å². The average Bonchev–Trinajstić information content (AvgIpc) is 2.34. The van der Waals surface area contributed by atoms with Gasteiger partial charge in [-0.25, -0.2) is 0 Å². The average molecular weight is 282 g/mol. The van der Waals surface area contributed by atoms with Crippen molar-refractivity contribution >= 4 is 15.9 Å². The van der Waals surface area contributed by atoms with Crippen molar-refractivity contribution in [3.05, 3.63) is 28.5 Å². The second kappa shape index (κ2) is 5.39. The van der Waals surface area contributed by atoms with Gasteiger partial charge < -0.3 is 4.74 Å². The molecule has 1 aliphatic heterocycles. The Morgan fingerprint density at radius 3 is 2.75 bits per heavy atom. The van der Waals surface area contributed by atoms with Gasteiger partial charge >= 0.3 is 0 Å². The third-order valence-electron chi connectivity index (χ3n) is 2.56. The van der Waals surface area contributed by atoms with E-state index in [0.29, 0.717) is 13.2 Å². The first-order chi connectivity index (χ1) is 7.81. The van der Waals surface area contributed by atoms with Crippen molar-refractivity contribution in [1.82, 2.24) is 9.88 Å². The summed E-state index contributed by atoms with van der Waals surface area (Å²) in [6.07, 6.45) is 1.72. The molecule has 0 amide bonds. The number of hydrogen-bond donors (Lipinski definition) is 0. The quantitative estimate of drug-likeness (QED) is 0.829. The smallest absolute Gasteiger partial charge is 0.141 e. The summed E-state index contributed by atoms with van der Waals surface area (Å²) in [4.78, 5) is 6.37. The highest BCUT2D eigenvalue weighted by molar-refractivity contribution is 9.10. The molecule has 1 aromatic rings. The lowest BCUT2D eigenvalue weighted by molar-refractivity contribution is 0.0259. The molecule has 2 rings (SSSR count). The predicted molar refractivity (Wildman–Crippen MR) is 62.7 cm³/mol. The standard InChI is InChI=1S/C11H12BrN3O/c12-9-1-2-10(14-8-9)11(7-13)15-3-5-16-6-4-15/h1-2,8,11H,3-6H2. The topological polar surface area (TPSA) is 49.2 Å². The van der Waals surface area contributed by atoms with Gasteiger partial charge in [0.05, 0.1) is 25.0 Å². The van der Waals surface area contributed by atoms with Crippen LogP contribution in [0, 0.1) is 11.3 Å². The lowest BCUT2D eigenvalue weighted by Gasteiger charge is -2.30. The van der Waals surface area contributed by atoms with Gasteiger partial charge in [0.25, 0.3) is 0 Å². The van der Waals surface area contributed by atoms with E-state index >= 15 is 0 Å². The van der Waals surface area contributed by atoms with E-state index in [1.165, 1.54) is 0 Å². The molecule has 1 saturated heterocycles. The molecule has 0 saturated carbocycles. The maximum atomic E-state index is 9.22. The first kappa shape index (κ1) is 11.5. The Kier molecular flexibility index (Phi) is 3.88. The Morgan fingerprint density at radius 1 is 1.44 bits per heavy atom. The zero-order valence-electron chi connectivity index (χ0n) is 8.77.